The number of benzene rings is 3. The van der Waals surface area contributed by atoms with Crippen LogP contribution >= 0.6 is 0 Å². The second kappa shape index (κ2) is 9.09. The van der Waals surface area contributed by atoms with Crippen LogP contribution in [0.25, 0.3) is 10.8 Å². The van der Waals surface area contributed by atoms with Gasteiger partial charge in [0.2, 0.25) is 0 Å². The van der Waals surface area contributed by atoms with E-state index in [1.165, 1.54) is 24.3 Å². The van der Waals surface area contributed by atoms with Gasteiger partial charge in [-0.3, -0.25) is 0 Å². The lowest BCUT2D eigenvalue weighted by atomic mass is 10.0. The van der Waals surface area contributed by atoms with E-state index < -0.39 is 23.3 Å². The van der Waals surface area contributed by atoms with Crippen molar-refractivity contribution in [1.82, 2.24) is 0 Å². The normalized spacial score (nSPS) is 18.6. The van der Waals surface area contributed by atoms with E-state index in [0.29, 0.717) is 24.3 Å². The van der Waals surface area contributed by atoms with Gasteiger partial charge >= 0.3 is 0 Å². The van der Waals surface area contributed by atoms with E-state index in [9.17, 15) is 17.6 Å². The minimum atomic E-state index is -1.51. The van der Waals surface area contributed by atoms with Crippen LogP contribution in [0.2, 0.25) is 0 Å². The zero-order valence-electron chi connectivity index (χ0n) is 16.9. The van der Waals surface area contributed by atoms with Gasteiger partial charge in [0.25, 0.3) is 0 Å². The summed E-state index contributed by atoms with van der Waals surface area (Å²) in [6.07, 6.45) is 1.70. The van der Waals surface area contributed by atoms with E-state index in [2.05, 4.69) is 18.8 Å². The zero-order chi connectivity index (χ0) is 22.0. The molecule has 1 heterocycles. The second-order valence-corrected chi connectivity index (χ2v) is 7.48. The van der Waals surface area contributed by atoms with Gasteiger partial charge in [-0.1, -0.05) is 37.3 Å². The molecule has 0 unspecified atom stereocenters. The Bertz CT molecular complexity index is 1170. The van der Waals surface area contributed by atoms with Gasteiger partial charge in [0.05, 0.1) is 24.9 Å². The van der Waals surface area contributed by atoms with E-state index in [4.69, 9.17) is 9.47 Å². The average molecular weight is 428 g/mol. The highest BCUT2D eigenvalue weighted by molar-refractivity contribution is 5.84. The molecule has 0 saturated carbocycles. The van der Waals surface area contributed by atoms with Gasteiger partial charge in [-0.25, -0.2) is 17.6 Å². The molecule has 4 rings (SSSR count). The van der Waals surface area contributed by atoms with Gasteiger partial charge in [-0.05, 0) is 47.7 Å². The lowest BCUT2D eigenvalue weighted by molar-refractivity contribution is -0.137. The molecule has 0 aliphatic carbocycles. The van der Waals surface area contributed by atoms with Crippen LogP contribution in [0.1, 0.15) is 42.6 Å². The first-order valence-electron chi connectivity index (χ1n) is 10.1. The Morgan fingerprint density at radius 1 is 0.871 bits per heavy atom. The van der Waals surface area contributed by atoms with Crippen LogP contribution in [-0.4, -0.2) is 19.3 Å². The van der Waals surface area contributed by atoms with Crippen LogP contribution in [-0.2, 0) is 9.47 Å². The summed E-state index contributed by atoms with van der Waals surface area (Å²) in [6, 6.07) is 9.83. The molecule has 0 radical (unpaired) electrons. The average Bonchev–Trinajstić information content (AvgIpc) is 2.77. The standard InChI is InChI=1S/C25H20F4O2/c1-2-3-19-13-31-23(14-30-19)17-8-7-16(21(26)11-17)6-4-15-5-9-20-18(10-15)12-22(27)25(29)24(20)28/h5,7-12,19,23H,2-3,13-14H2,1H3/t19-,23-/m1/s1. The van der Waals surface area contributed by atoms with Crippen LogP contribution in [0.3, 0.4) is 0 Å². The first-order chi connectivity index (χ1) is 15.0. The Kier molecular flexibility index (Phi) is 6.26. The van der Waals surface area contributed by atoms with Crippen LogP contribution in [0.4, 0.5) is 17.6 Å². The lowest BCUT2D eigenvalue weighted by Gasteiger charge is -2.29. The molecule has 1 aliphatic rings. The van der Waals surface area contributed by atoms with Crippen LogP contribution in [0, 0.1) is 35.1 Å². The molecule has 1 saturated heterocycles. The first-order valence-corrected chi connectivity index (χ1v) is 10.1. The molecule has 1 fully saturated rings. The highest BCUT2D eigenvalue weighted by atomic mass is 19.2. The molecule has 3 aromatic rings. The minimum absolute atomic E-state index is 0.0455. The summed E-state index contributed by atoms with van der Waals surface area (Å²) in [6.45, 7) is 2.94. The van der Waals surface area contributed by atoms with Crippen molar-refractivity contribution in [2.45, 2.75) is 32.0 Å². The third-order valence-electron chi connectivity index (χ3n) is 5.26. The van der Waals surface area contributed by atoms with Gasteiger partial charge in [-0.2, -0.15) is 0 Å². The number of hydrogen-bond acceptors (Lipinski definition) is 2. The van der Waals surface area contributed by atoms with E-state index in [-0.39, 0.29) is 28.5 Å². The number of halogens is 4. The molecular weight excluding hydrogens is 408 g/mol. The molecule has 31 heavy (non-hydrogen) atoms. The SMILES string of the molecule is CCC[C@@H]1CO[C@@H](c2ccc(C#Cc3ccc4c(F)c(F)c(F)cc4c3)c(F)c2)CO1. The Labute approximate surface area is 177 Å². The number of fused-ring (bicyclic) bond motifs is 1. The Morgan fingerprint density at radius 3 is 2.42 bits per heavy atom. The fraction of sp³-hybridized carbons (Fsp3) is 0.280. The van der Waals surface area contributed by atoms with Gasteiger partial charge in [0, 0.05) is 10.9 Å². The summed E-state index contributed by atoms with van der Waals surface area (Å²) in [5.41, 5.74) is 1.28. The quantitative estimate of drug-likeness (QED) is 0.287. The van der Waals surface area contributed by atoms with Crippen molar-refractivity contribution in [3.63, 3.8) is 0 Å². The van der Waals surface area contributed by atoms with E-state index in [0.717, 1.165) is 18.9 Å². The van der Waals surface area contributed by atoms with Crippen LogP contribution < -0.4 is 0 Å². The molecule has 2 atom stereocenters. The maximum absolute atomic E-state index is 14.6. The van der Waals surface area contributed by atoms with Gasteiger partial charge in [0.15, 0.2) is 17.5 Å². The maximum Gasteiger partial charge on any atom is 0.195 e. The van der Waals surface area contributed by atoms with Gasteiger partial charge in [-0.15, -0.1) is 0 Å². The van der Waals surface area contributed by atoms with Crippen molar-refractivity contribution in [3.8, 4) is 11.8 Å². The first kappa shape index (κ1) is 21.4. The Balaban J connectivity index is 1.53. The molecule has 2 nitrogen and oxygen atoms in total. The molecule has 3 aromatic carbocycles. The third kappa shape index (κ3) is 4.58. The van der Waals surface area contributed by atoms with Crippen molar-refractivity contribution in [1.29, 1.82) is 0 Å². The smallest absolute Gasteiger partial charge is 0.195 e. The van der Waals surface area contributed by atoms with Crippen LogP contribution in [0.15, 0.2) is 42.5 Å². The lowest BCUT2D eigenvalue weighted by Crippen LogP contribution is -2.31. The Morgan fingerprint density at radius 2 is 1.71 bits per heavy atom. The number of rotatable bonds is 3. The summed E-state index contributed by atoms with van der Waals surface area (Å²) >= 11 is 0. The zero-order valence-corrected chi connectivity index (χ0v) is 16.9. The summed E-state index contributed by atoms with van der Waals surface area (Å²) in [4.78, 5) is 0. The van der Waals surface area contributed by atoms with E-state index in [1.54, 1.807) is 12.1 Å². The number of ether oxygens (including phenoxy) is 2. The molecular formula is C25H20F4O2. The molecule has 0 aromatic heterocycles. The Hall–Kier alpha value is -2.88. The van der Waals surface area contributed by atoms with Gasteiger partial charge < -0.3 is 9.47 Å². The summed E-state index contributed by atoms with van der Waals surface area (Å²) in [7, 11) is 0. The van der Waals surface area contributed by atoms with E-state index in [1.807, 2.05) is 0 Å². The van der Waals surface area contributed by atoms with Crippen molar-refractivity contribution >= 4 is 10.8 Å². The fourth-order valence-corrected chi connectivity index (χ4v) is 3.58. The second-order valence-electron chi connectivity index (χ2n) is 7.48. The predicted molar refractivity (Wildman–Crippen MR) is 110 cm³/mol. The van der Waals surface area contributed by atoms with E-state index >= 15 is 0 Å². The highest BCUT2D eigenvalue weighted by Crippen LogP contribution is 2.26. The molecule has 1 aliphatic heterocycles. The fourth-order valence-electron chi connectivity index (χ4n) is 3.58. The van der Waals surface area contributed by atoms with Crippen molar-refractivity contribution in [3.05, 3.63) is 82.4 Å². The molecule has 160 valence electrons. The molecule has 0 spiro atoms. The minimum Gasteiger partial charge on any atom is -0.373 e. The summed E-state index contributed by atoms with van der Waals surface area (Å²) in [5, 5.41) is 0.130. The largest absolute Gasteiger partial charge is 0.373 e. The monoisotopic (exact) mass is 428 g/mol. The van der Waals surface area contributed by atoms with Crippen molar-refractivity contribution in [2.75, 3.05) is 13.2 Å². The molecule has 0 N–H and O–H groups in total. The van der Waals surface area contributed by atoms with Gasteiger partial charge in [0.1, 0.15) is 11.9 Å². The summed E-state index contributed by atoms with van der Waals surface area (Å²) < 4.78 is 66.8. The predicted octanol–water partition coefficient (Wildman–Crippen LogP) is 6.05. The maximum atomic E-state index is 14.6. The molecule has 0 amide bonds. The van der Waals surface area contributed by atoms with Crippen LogP contribution in [0.5, 0.6) is 0 Å². The number of hydrogen-bond donors (Lipinski definition) is 0. The summed E-state index contributed by atoms with van der Waals surface area (Å²) in [5.74, 6) is 0.987. The third-order valence-corrected chi connectivity index (χ3v) is 5.26. The molecule has 0 bridgehead atoms. The van der Waals surface area contributed by atoms with Crippen molar-refractivity contribution < 1.29 is 27.0 Å². The topological polar surface area (TPSA) is 18.5 Å². The molecule has 6 heteroatoms. The van der Waals surface area contributed by atoms with Crippen molar-refractivity contribution in [2.24, 2.45) is 0 Å². The highest BCUT2D eigenvalue weighted by Gasteiger charge is 2.23.